The van der Waals surface area contributed by atoms with Gasteiger partial charge in [-0.25, -0.2) is 0 Å². The molecule has 1 aliphatic heterocycles. The molecule has 1 fully saturated rings. The van der Waals surface area contributed by atoms with E-state index in [4.69, 9.17) is 0 Å². The zero-order valence-electron chi connectivity index (χ0n) is 6.13. The molecule has 3 nitrogen and oxygen atoms in total. The van der Waals surface area contributed by atoms with E-state index < -0.39 is 0 Å². The van der Waals surface area contributed by atoms with Gasteiger partial charge in [0.2, 0.25) is 0 Å². The molecule has 1 aliphatic rings. The first-order chi connectivity index (χ1) is 4.83. The molecule has 0 saturated carbocycles. The van der Waals surface area contributed by atoms with Crippen LogP contribution in [0.4, 0.5) is 0 Å². The Labute approximate surface area is 60.7 Å². The molecule has 1 atom stereocenters. The largest absolute Gasteiger partial charge is 0.399 e. The summed E-state index contributed by atoms with van der Waals surface area (Å²) in [7, 11) is 1.54. The number of hydrogen-bond donors (Lipinski definition) is 1. The molecule has 3 heteroatoms. The van der Waals surface area contributed by atoms with Crippen LogP contribution in [0.5, 0.6) is 0 Å². The fourth-order valence-electron chi connectivity index (χ4n) is 0.971. The van der Waals surface area contributed by atoms with Crippen LogP contribution in [0.1, 0.15) is 6.42 Å². The van der Waals surface area contributed by atoms with Gasteiger partial charge in [-0.2, -0.15) is 0 Å². The van der Waals surface area contributed by atoms with Crippen molar-refractivity contribution in [3.8, 4) is 0 Å². The lowest BCUT2D eigenvalue weighted by Crippen LogP contribution is -2.22. The van der Waals surface area contributed by atoms with E-state index in [9.17, 15) is 0 Å². The Morgan fingerprint density at radius 3 is 3.20 bits per heavy atom. The van der Waals surface area contributed by atoms with E-state index in [0.717, 1.165) is 13.0 Å². The van der Waals surface area contributed by atoms with Crippen molar-refractivity contribution in [2.75, 3.05) is 13.7 Å². The molecule has 1 N–H and O–H groups in total. The first-order valence-corrected chi connectivity index (χ1v) is 3.29. The van der Waals surface area contributed by atoms with Crippen LogP contribution >= 0.6 is 0 Å². The Morgan fingerprint density at radius 2 is 2.70 bits per heavy atom. The summed E-state index contributed by atoms with van der Waals surface area (Å²) in [4.78, 5) is 4.54. The van der Waals surface area contributed by atoms with E-state index in [1.165, 1.54) is 5.57 Å². The second-order valence-electron chi connectivity index (χ2n) is 2.38. The van der Waals surface area contributed by atoms with Gasteiger partial charge in [0.25, 0.3) is 0 Å². The van der Waals surface area contributed by atoms with Gasteiger partial charge in [0.1, 0.15) is 7.11 Å². The second-order valence-corrected chi connectivity index (χ2v) is 2.38. The summed E-state index contributed by atoms with van der Waals surface area (Å²) in [6, 6.07) is 0.326. The van der Waals surface area contributed by atoms with Gasteiger partial charge in [-0.1, -0.05) is 17.3 Å². The monoisotopic (exact) mass is 140 g/mol. The topological polar surface area (TPSA) is 33.6 Å². The van der Waals surface area contributed by atoms with Gasteiger partial charge in [-0.3, -0.25) is 0 Å². The van der Waals surface area contributed by atoms with Crippen molar-refractivity contribution in [1.29, 1.82) is 0 Å². The molecule has 0 bridgehead atoms. The maximum atomic E-state index is 4.54. The highest BCUT2D eigenvalue weighted by molar-refractivity contribution is 5.65. The van der Waals surface area contributed by atoms with Crippen LogP contribution in [0.15, 0.2) is 17.3 Å². The molecular formula is C7H12N2O. The normalized spacial score (nSPS) is 26.1. The lowest BCUT2D eigenvalue weighted by atomic mass is 10.2. The van der Waals surface area contributed by atoms with Crippen LogP contribution in [-0.4, -0.2) is 25.9 Å². The van der Waals surface area contributed by atoms with Crippen molar-refractivity contribution in [1.82, 2.24) is 5.32 Å². The molecule has 0 aliphatic carbocycles. The highest BCUT2D eigenvalue weighted by atomic mass is 16.6. The predicted molar refractivity (Wildman–Crippen MR) is 41.0 cm³/mol. The van der Waals surface area contributed by atoms with E-state index >= 15 is 0 Å². The standard InChI is InChI=1S/C7H12N2O/c1-6-3-7(8-4-6)5-9-10-2/h5,7-8H,1,3-4H2,2H3/b9-5+. The molecule has 0 aromatic carbocycles. The van der Waals surface area contributed by atoms with Crippen LogP contribution in [0, 0.1) is 0 Å². The second kappa shape index (κ2) is 3.37. The molecule has 1 rings (SSSR count). The minimum absolute atomic E-state index is 0.326. The van der Waals surface area contributed by atoms with Crippen LogP contribution in [0.3, 0.4) is 0 Å². The summed E-state index contributed by atoms with van der Waals surface area (Å²) < 4.78 is 0. The third-order valence-corrected chi connectivity index (χ3v) is 1.47. The molecule has 0 radical (unpaired) electrons. The summed E-state index contributed by atoms with van der Waals surface area (Å²) >= 11 is 0. The van der Waals surface area contributed by atoms with Crippen molar-refractivity contribution in [3.63, 3.8) is 0 Å². The minimum atomic E-state index is 0.326. The SMILES string of the molecule is C=C1CNC(/C=N/OC)C1. The van der Waals surface area contributed by atoms with Crippen LogP contribution in [0.25, 0.3) is 0 Å². The van der Waals surface area contributed by atoms with Crippen LogP contribution in [-0.2, 0) is 4.84 Å². The predicted octanol–water partition coefficient (Wildman–Crippen LogP) is 0.537. The third-order valence-electron chi connectivity index (χ3n) is 1.47. The summed E-state index contributed by atoms with van der Waals surface area (Å²) in [6.45, 7) is 4.75. The van der Waals surface area contributed by atoms with Crippen LogP contribution < -0.4 is 5.32 Å². The van der Waals surface area contributed by atoms with Crippen molar-refractivity contribution in [2.24, 2.45) is 5.16 Å². The molecule has 0 aromatic rings. The fourth-order valence-corrected chi connectivity index (χ4v) is 0.971. The van der Waals surface area contributed by atoms with E-state index in [-0.39, 0.29) is 0 Å². The van der Waals surface area contributed by atoms with Crippen molar-refractivity contribution >= 4 is 6.21 Å². The van der Waals surface area contributed by atoms with E-state index in [1.54, 1.807) is 13.3 Å². The first kappa shape index (κ1) is 7.28. The van der Waals surface area contributed by atoms with Gasteiger partial charge in [0.15, 0.2) is 0 Å². The molecule has 56 valence electrons. The van der Waals surface area contributed by atoms with Gasteiger partial charge in [-0.15, -0.1) is 0 Å². The smallest absolute Gasteiger partial charge is 0.106 e. The quantitative estimate of drug-likeness (QED) is 0.345. The highest BCUT2D eigenvalue weighted by Gasteiger charge is 2.14. The number of rotatable bonds is 2. The summed E-state index contributed by atoms with van der Waals surface area (Å²) in [5.41, 5.74) is 1.23. The van der Waals surface area contributed by atoms with E-state index in [2.05, 4.69) is 21.9 Å². The Bertz CT molecular complexity index is 154. The number of hydrogen-bond acceptors (Lipinski definition) is 3. The summed E-state index contributed by atoms with van der Waals surface area (Å²) in [5.74, 6) is 0. The molecular weight excluding hydrogens is 128 g/mol. The zero-order chi connectivity index (χ0) is 7.40. The maximum Gasteiger partial charge on any atom is 0.106 e. The third kappa shape index (κ3) is 1.84. The summed E-state index contributed by atoms with van der Waals surface area (Å²) in [5, 5.41) is 6.87. The lowest BCUT2D eigenvalue weighted by molar-refractivity contribution is 0.214. The average Bonchev–Trinajstić information content (AvgIpc) is 2.31. The lowest BCUT2D eigenvalue weighted by Gasteiger charge is -1.98. The van der Waals surface area contributed by atoms with E-state index in [0.29, 0.717) is 6.04 Å². The summed E-state index contributed by atoms with van der Waals surface area (Å²) in [6.07, 6.45) is 2.74. The van der Waals surface area contributed by atoms with Crippen molar-refractivity contribution in [2.45, 2.75) is 12.5 Å². The minimum Gasteiger partial charge on any atom is -0.399 e. The Morgan fingerprint density at radius 1 is 1.90 bits per heavy atom. The molecule has 10 heavy (non-hydrogen) atoms. The molecule has 1 unspecified atom stereocenters. The van der Waals surface area contributed by atoms with Gasteiger partial charge in [0.05, 0.1) is 6.21 Å². The number of nitrogens with one attached hydrogen (secondary N) is 1. The first-order valence-electron chi connectivity index (χ1n) is 3.29. The Kier molecular flexibility index (Phi) is 2.45. The molecule has 0 aromatic heterocycles. The van der Waals surface area contributed by atoms with Crippen molar-refractivity contribution in [3.05, 3.63) is 12.2 Å². The van der Waals surface area contributed by atoms with Gasteiger partial charge < -0.3 is 10.2 Å². The molecule has 1 saturated heterocycles. The fraction of sp³-hybridized carbons (Fsp3) is 0.571. The van der Waals surface area contributed by atoms with Gasteiger partial charge >= 0.3 is 0 Å². The Balaban J connectivity index is 2.31. The Hall–Kier alpha value is -0.830. The maximum absolute atomic E-state index is 4.54. The number of nitrogens with zero attached hydrogens (tertiary/aromatic N) is 1. The zero-order valence-corrected chi connectivity index (χ0v) is 6.13. The van der Waals surface area contributed by atoms with Gasteiger partial charge in [-0.05, 0) is 6.42 Å². The van der Waals surface area contributed by atoms with Gasteiger partial charge in [0, 0.05) is 12.6 Å². The van der Waals surface area contributed by atoms with Crippen molar-refractivity contribution < 1.29 is 4.84 Å². The average molecular weight is 140 g/mol. The molecule has 0 spiro atoms. The molecule has 0 amide bonds. The van der Waals surface area contributed by atoms with Crippen LogP contribution in [0.2, 0.25) is 0 Å². The number of oxime groups is 1. The highest BCUT2D eigenvalue weighted by Crippen LogP contribution is 2.07. The molecule has 1 heterocycles. The van der Waals surface area contributed by atoms with E-state index in [1.807, 2.05) is 0 Å².